The minimum Gasteiger partial charge on any atom is -0.294 e. The zero-order valence-electron chi connectivity index (χ0n) is 9.63. The normalized spacial score (nSPS) is 30.9. The lowest BCUT2D eigenvalue weighted by Gasteiger charge is -2.43. The summed E-state index contributed by atoms with van der Waals surface area (Å²) in [5.41, 5.74) is -0.254. The first-order valence-electron chi connectivity index (χ1n) is 5.29. The predicted molar refractivity (Wildman–Crippen MR) is 60.1 cm³/mol. The van der Waals surface area contributed by atoms with Crippen molar-refractivity contribution in [3.8, 4) is 0 Å². The second-order valence-electron chi connectivity index (χ2n) is 4.86. The van der Waals surface area contributed by atoms with Crippen LogP contribution in [-0.4, -0.2) is 5.78 Å². The van der Waals surface area contributed by atoms with Crippen molar-refractivity contribution in [2.45, 2.75) is 40.5 Å². The molecule has 14 heavy (non-hydrogen) atoms. The largest absolute Gasteiger partial charge is 0.294 e. The van der Waals surface area contributed by atoms with Gasteiger partial charge >= 0.3 is 0 Å². The molecule has 0 saturated heterocycles. The van der Waals surface area contributed by atoms with Crippen molar-refractivity contribution in [3.63, 3.8) is 0 Å². The van der Waals surface area contributed by atoms with Gasteiger partial charge in [-0.25, -0.2) is 0 Å². The molecule has 1 atom stereocenters. The lowest BCUT2D eigenvalue weighted by atomic mass is 9.59. The van der Waals surface area contributed by atoms with Crippen molar-refractivity contribution in [1.82, 2.24) is 0 Å². The molecular formula is C13H20O. The van der Waals surface area contributed by atoms with Crippen LogP contribution < -0.4 is 0 Å². The second-order valence-corrected chi connectivity index (χ2v) is 4.86. The van der Waals surface area contributed by atoms with Crippen molar-refractivity contribution in [2.75, 3.05) is 0 Å². The van der Waals surface area contributed by atoms with Gasteiger partial charge in [-0.1, -0.05) is 39.0 Å². The van der Waals surface area contributed by atoms with Gasteiger partial charge in [0.25, 0.3) is 0 Å². The first kappa shape index (κ1) is 11.2. The van der Waals surface area contributed by atoms with Crippen molar-refractivity contribution < 1.29 is 4.79 Å². The summed E-state index contributed by atoms with van der Waals surface area (Å²) in [5, 5.41) is 0. The summed E-state index contributed by atoms with van der Waals surface area (Å²) >= 11 is 0. The Morgan fingerprint density at radius 2 is 2.00 bits per heavy atom. The van der Waals surface area contributed by atoms with Gasteiger partial charge in [0.1, 0.15) is 0 Å². The van der Waals surface area contributed by atoms with Crippen LogP contribution in [0, 0.1) is 10.8 Å². The molecule has 0 N–H and O–H groups in total. The minimum absolute atomic E-state index is 0.0259. The fraction of sp³-hybridized carbons (Fsp3) is 0.615. The summed E-state index contributed by atoms with van der Waals surface area (Å²) in [6, 6.07) is 0. The zero-order valence-corrected chi connectivity index (χ0v) is 9.63. The Morgan fingerprint density at radius 3 is 2.50 bits per heavy atom. The summed E-state index contributed by atoms with van der Waals surface area (Å²) in [6.45, 7) is 8.26. The van der Waals surface area contributed by atoms with Crippen molar-refractivity contribution in [3.05, 3.63) is 24.3 Å². The molecule has 1 nitrogen and oxygen atoms in total. The fourth-order valence-corrected chi connectivity index (χ4v) is 2.03. The van der Waals surface area contributed by atoms with Crippen LogP contribution in [0.15, 0.2) is 24.3 Å². The molecule has 1 heteroatoms. The maximum absolute atomic E-state index is 12.0. The Balaban J connectivity index is 3.03. The van der Waals surface area contributed by atoms with E-state index in [1.54, 1.807) is 6.08 Å². The minimum atomic E-state index is -0.228. The van der Waals surface area contributed by atoms with Crippen LogP contribution in [-0.2, 0) is 4.79 Å². The maximum atomic E-state index is 12.0. The molecule has 0 aromatic heterocycles. The topological polar surface area (TPSA) is 17.1 Å². The van der Waals surface area contributed by atoms with E-state index < -0.39 is 0 Å². The first-order chi connectivity index (χ1) is 6.44. The Kier molecular flexibility index (Phi) is 2.98. The Labute approximate surface area is 86.9 Å². The van der Waals surface area contributed by atoms with Gasteiger partial charge in [0.05, 0.1) is 0 Å². The number of carbonyl (C=O) groups excluding carboxylic acids is 1. The first-order valence-corrected chi connectivity index (χ1v) is 5.29. The van der Waals surface area contributed by atoms with Gasteiger partial charge in [-0.2, -0.15) is 0 Å². The van der Waals surface area contributed by atoms with Crippen LogP contribution >= 0.6 is 0 Å². The number of carbonyl (C=O) groups is 1. The van der Waals surface area contributed by atoms with E-state index in [2.05, 4.69) is 32.9 Å². The van der Waals surface area contributed by atoms with E-state index in [0.717, 1.165) is 12.8 Å². The van der Waals surface area contributed by atoms with E-state index in [9.17, 15) is 4.79 Å². The highest BCUT2D eigenvalue weighted by Crippen LogP contribution is 2.47. The number of hydrogen-bond acceptors (Lipinski definition) is 1. The van der Waals surface area contributed by atoms with E-state index in [-0.39, 0.29) is 16.6 Å². The molecule has 78 valence electrons. The van der Waals surface area contributed by atoms with Gasteiger partial charge in [0, 0.05) is 5.41 Å². The van der Waals surface area contributed by atoms with E-state index >= 15 is 0 Å². The number of ketones is 1. The van der Waals surface area contributed by atoms with Gasteiger partial charge < -0.3 is 0 Å². The lowest BCUT2D eigenvalue weighted by molar-refractivity contribution is -0.128. The number of allylic oxidation sites excluding steroid dienone is 4. The van der Waals surface area contributed by atoms with E-state index in [0.29, 0.717) is 0 Å². The molecule has 0 heterocycles. The number of rotatable bonds is 2. The third-order valence-electron chi connectivity index (χ3n) is 3.63. The predicted octanol–water partition coefficient (Wildman–Crippen LogP) is 3.51. The molecule has 0 saturated carbocycles. The molecule has 0 fully saturated rings. The van der Waals surface area contributed by atoms with Crippen molar-refractivity contribution in [2.24, 2.45) is 10.8 Å². The quantitative estimate of drug-likeness (QED) is 0.483. The molecular weight excluding hydrogens is 172 g/mol. The van der Waals surface area contributed by atoms with Crippen molar-refractivity contribution in [1.29, 1.82) is 0 Å². The van der Waals surface area contributed by atoms with Gasteiger partial charge in [0.2, 0.25) is 0 Å². The van der Waals surface area contributed by atoms with Gasteiger partial charge in [-0.05, 0) is 31.3 Å². The molecule has 0 bridgehead atoms. The highest BCUT2D eigenvalue weighted by Gasteiger charge is 2.44. The zero-order chi connectivity index (χ0) is 10.8. The van der Waals surface area contributed by atoms with Crippen LogP contribution in [0.25, 0.3) is 0 Å². The van der Waals surface area contributed by atoms with Crippen LogP contribution in [0.4, 0.5) is 0 Å². The molecule has 1 rings (SSSR count). The average molecular weight is 192 g/mol. The van der Waals surface area contributed by atoms with Crippen molar-refractivity contribution >= 4 is 5.78 Å². The van der Waals surface area contributed by atoms with Gasteiger partial charge in [0.15, 0.2) is 5.78 Å². The molecule has 0 aromatic carbocycles. The molecule has 0 spiro atoms. The summed E-state index contributed by atoms with van der Waals surface area (Å²) < 4.78 is 0. The molecule has 0 aliphatic heterocycles. The summed E-state index contributed by atoms with van der Waals surface area (Å²) in [7, 11) is 0. The van der Waals surface area contributed by atoms with E-state index in [1.165, 1.54) is 0 Å². The summed E-state index contributed by atoms with van der Waals surface area (Å²) in [5.74, 6) is 0.259. The Bertz CT molecular complexity index is 284. The van der Waals surface area contributed by atoms with Gasteiger partial charge in [-0.15, -0.1) is 0 Å². The lowest BCUT2D eigenvalue weighted by Crippen LogP contribution is -2.41. The third kappa shape index (κ3) is 1.68. The van der Waals surface area contributed by atoms with Crippen LogP contribution in [0.2, 0.25) is 0 Å². The maximum Gasteiger partial charge on any atom is 0.162 e. The Morgan fingerprint density at radius 1 is 1.36 bits per heavy atom. The fourth-order valence-electron chi connectivity index (χ4n) is 2.03. The summed E-state index contributed by atoms with van der Waals surface area (Å²) in [4.78, 5) is 12.0. The van der Waals surface area contributed by atoms with E-state index in [4.69, 9.17) is 0 Å². The van der Waals surface area contributed by atoms with Crippen LogP contribution in [0.3, 0.4) is 0 Å². The average Bonchev–Trinajstić information content (AvgIpc) is 2.10. The van der Waals surface area contributed by atoms with Crippen LogP contribution in [0.5, 0.6) is 0 Å². The smallest absolute Gasteiger partial charge is 0.162 e. The van der Waals surface area contributed by atoms with Crippen LogP contribution in [0.1, 0.15) is 40.5 Å². The molecule has 0 aromatic rings. The number of hydrogen-bond donors (Lipinski definition) is 0. The van der Waals surface area contributed by atoms with Gasteiger partial charge in [-0.3, -0.25) is 4.79 Å². The SMILES string of the molecule is CC=CC(=O)C1(C)CCC=CC1(C)C. The Hall–Kier alpha value is -0.850. The highest BCUT2D eigenvalue weighted by molar-refractivity contribution is 5.95. The molecule has 0 radical (unpaired) electrons. The third-order valence-corrected chi connectivity index (χ3v) is 3.63. The summed E-state index contributed by atoms with van der Waals surface area (Å²) in [6.07, 6.45) is 9.88. The molecule has 1 unspecified atom stereocenters. The molecule has 1 aliphatic carbocycles. The standard InChI is InChI=1S/C13H20O/c1-5-8-11(14)13(4)10-7-6-9-12(13,2)3/h5-6,8-9H,7,10H2,1-4H3. The highest BCUT2D eigenvalue weighted by atomic mass is 16.1. The molecule has 1 aliphatic rings. The van der Waals surface area contributed by atoms with E-state index in [1.807, 2.05) is 13.0 Å². The second kappa shape index (κ2) is 3.72. The monoisotopic (exact) mass is 192 g/mol. The molecule has 0 amide bonds.